The molecule has 0 bridgehead atoms. The van der Waals surface area contributed by atoms with E-state index in [0.29, 0.717) is 10.8 Å². The summed E-state index contributed by atoms with van der Waals surface area (Å²) in [6, 6.07) is 5.27. The molecule has 1 aromatic carbocycles. The fourth-order valence-electron chi connectivity index (χ4n) is 1.68. The minimum Gasteiger partial charge on any atom is -0.464 e. The Morgan fingerprint density at radius 1 is 1.29 bits per heavy atom. The van der Waals surface area contributed by atoms with E-state index < -0.39 is 5.97 Å². The normalized spacial score (nSPS) is 10.5. The van der Waals surface area contributed by atoms with Crippen LogP contribution in [0.25, 0.3) is 10.8 Å². The lowest BCUT2D eigenvalue weighted by Gasteiger charge is -2.05. The predicted molar refractivity (Wildman–Crippen MR) is 68.3 cm³/mol. The van der Waals surface area contributed by atoms with Crippen molar-refractivity contribution in [3.8, 4) is 0 Å². The quantitative estimate of drug-likeness (QED) is 0.822. The Bertz CT molecular complexity index is 661. The Balaban J connectivity index is 2.82. The highest BCUT2D eigenvalue weighted by Crippen LogP contribution is 2.24. The van der Waals surface area contributed by atoms with Gasteiger partial charge in [0.1, 0.15) is 5.69 Å². The van der Waals surface area contributed by atoms with Crippen LogP contribution in [0.2, 0.25) is 0 Å². The van der Waals surface area contributed by atoms with Crippen molar-refractivity contribution in [1.29, 1.82) is 0 Å². The number of halogens is 1. The summed E-state index contributed by atoms with van der Waals surface area (Å²) in [4.78, 5) is 25.7. The van der Waals surface area contributed by atoms with Crippen LogP contribution in [0.15, 0.2) is 27.5 Å². The van der Waals surface area contributed by atoms with Crippen LogP contribution in [0.4, 0.5) is 0 Å². The fraction of sp³-hybridized carbons (Fsp3) is 0.167. The number of hydrogen-bond donors (Lipinski definition) is 1. The molecule has 17 heavy (non-hydrogen) atoms. The number of H-pyrrole nitrogens is 1. The van der Waals surface area contributed by atoms with E-state index in [0.717, 1.165) is 10.0 Å². The monoisotopic (exact) mass is 295 g/mol. The molecule has 0 atom stereocenters. The number of ether oxygens (including phenoxy) is 1. The molecule has 0 unspecified atom stereocenters. The van der Waals surface area contributed by atoms with Crippen LogP contribution in [-0.2, 0) is 4.74 Å². The summed E-state index contributed by atoms with van der Waals surface area (Å²) in [7, 11) is 1.27. The SMILES string of the molecule is COC(=O)c1cc2c(Br)cc(C)cc2c(=O)[nH]1. The highest BCUT2D eigenvalue weighted by molar-refractivity contribution is 9.10. The molecule has 0 radical (unpaired) electrons. The summed E-state index contributed by atoms with van der Waals surface area (Å²) in [5.41, 5.74) is 0.822. The molecule has 2 aromatic rings. The van der Waals surface area contributed by atoms with Crippen LogP contribution in [-0.4, -0.2) is 18.1 Å². The number of esters is 1. The smallest absolute Gasteiger partial charge is 0.354 e. The average Bonchev–Trinajstić information content (AvgIpc) is 2.29. The number of rotatable bonds is 1. The number of fused-ring (bicyclic) bond motifs is 1. The van der Waals surface area contributed by atoms with Crippen LogP contribution in [0.1, 0.15) is 16.1 Å². The summed E-state index contributed by atoms with van der Waals surface area (Å²) >= 11 is 3.38. The van der Waals surface area contributed by atoms with Crippen molar-refractivity contribution in [1.82, 2.24) is 4.98 Å². The van der Waals surface area contributed by atoms with Gasteiger partial charge in [-0.1, -0.05) is 15.9 Å². The van der Waals surface area contributed by atoms with Crippen molar-refractivity contribution in [3.05, 3.63) is 44.3 Å². The van der Waals surface area contributed by atoms with Crippen LogP contribution in [0.3, 0.4) is 0 Å². The van der Waals surface area contributed by atoms with Crippen molar-refractivity contribution in [2.24, 2.45) is 0 Å². The summed E-state index contributed by atoms with van der Waals surface area (Å²) in [6.07, 6.45) is 0. The van der Waals surface area contributed by atoms with Gasteiger partial charge in [0.05, 0.1) is 7.11 Å². The van der Waals surface area contributed by atoms with E-state index in [-0.39, 0.29) is 11.3 Å². The van der Waals surface area contributed by atoms with Crippen molar-refractivity contribution in [3.63, 3.8) is 0 Å². The molecule has 0 aliphatic heterocycles. The zero-order valence-electron chi connectivity index (χ0n) is 9.33. The minimum atomic E-state index is -0.559. The van der Waals surface area contributed by atoms with Crippen molar-refractivity contribution < 1.29 is 9.53 Å². The maximum Gasteiger partial charge on any atom is 0.354 e. The summed E-state index contributed by atoms with van der Waals surface area (Å²) in [6.45, 7) is 1.90. The van der Waals surface area contributed by atoms with Gasteiger partial charge < -0.3 is 9.72 Å². The zero-order chi connectivity index (χ0) is 12.6. The van der Waals surface area contributed by atoms with Crippen LogP contribution >= 0.6 is 15.9 Å². The summed E-state index contributed by atoms with van der Waals surface area (Å²) in [5.74, 6) is -0.559. The Labute approximate surface area is 106 Å². The van der Waals surface area contributed by atoms with Gasteiger partial charge in [0.2, 0.25) is 0 Å². The molecule has 2 rings (SSSR count). The van der Waals surface area contributed by atoms with Gasteiger partial charge in [-0.2, -0.15) is 0 Å². The van der Waals surface area contributed by atoms with E-state index in [1.54, 1.807) is 12.1 Å². The minimum absolute atomic E-state index is 0.148. The third kappa shape index (κ3) is 2.10. The Morgan fingerprint density at radius 3 is 2.65 bits per heavy atom. The van der Waals surface area contributed by atoms with Gasteiger partial charge in [-0.25, -0.2) is 4.79 Å². The molecule has 88 valence electrons. The van der Waals surface area contributed by atoms with E-state index in [4.69, 9.17) is 0 Å². The molecule has 0 amide bonds. The number of aryl methyl sites for hydroxylation is 1. The molecule has 0 saturated heterocycles. The number of hydrogen-bond acceptors (Lipinski definition) is 3. The maximum absolute atomic E-state index is 11.8. The first-order chi connectivity index (χ1) is 8.02. The highest BCUT2D eigenvalue weighted by atomic mass is 79.9. The molecule has 1 heterocycles. The van der Waals surface area contributed by atoms with Gasteiger partial charge in [-0.3, -0.25) is 4.79 Å². The fourth-order valence-corrected chi connectivity index (χ4v) is 2.37. The maximum atomic E-state index is 11.8. The number of aromatic nitrogens is 1. The van der Waals surface area contributed by atoms with Crippen molar-refractivity contribution in [2.45, 2.75) is 6.92 Å². The molecular weight excluding hydrogens is 286 g/mol. The molecule has 4 nitrogen and oxygen atoms in total. The van der Waals surface area contributed by atoms with Gasteiger partial charge in [0.25, 0.3) is 5.56 Å². The Hall–Kier alpha value is -1.62. The van der Waals surface area contributed by atoms with Crippen LogP contribution in [0, 0.1) is 6.92 Å². The second-order valence-electron chi connectivity index (χ2n) is 3.71. The molecule has 5 heteroatoms. The lowest BCUT2D eigenvalue weighted by molar-refractivity contribution is 0.0594. The second kappa shape index (κ2) is 4.33. The molecule has 1 N–H and O–H groups in total. The highest BCUT2D eigenvalue weighted by Gasteiger charge is 2.11. The van der Waals surface area contributed by atoms with Gasteiger partial charge in [0.15, 0.2) is 0 Å². The van der Waals surface area contributed by atoms with E-state index in [9.17, 15) is 9.59 Å². The Morgan fingerprint density at radius 2 is 2.00 bits per heavy atom. The predicted octanol–water partition coefficient (Wildman–Crippen LogP) is 2.39. The lowest BCUT2D eigenvalue weighted by Crippen LogP contribution is -2.14. The number of carbonyl (C=O) groups is 1. The van der Waals surface area contributed by atoms with Crippen molar-refractivity contribution in [2.75, 3.05) is 7.11 Å². The third-order valence-electron chi connectivity index (χ3n) is 2.46. The molecule has 0 aliphatic carbocycles. The summed E-state index contributed by atoms with van der Waals surface area (Å²) in [5, 5.41) is 1.24. The third-order valence-corrected chi connectivity index (χ3v) is 3.12. The van der Waals surface area contributed by atoms with Gasteiger partial charge in [0, 0.05) is 15.2 Å². The lowest BCUT2D eigenvalue weighted by atomic mass is 10.1. The molecular formula is C12H10BrNO3. The molecule has 0 saturated carbocycles. The number of carbonyl (C=O) groups excluding carboxylic acids is 1. The first-order valence-electron chi connectivity index (χ1n) is 4.94. The van der Waals surface area contributed by atoms with Crippen LogP contribution < -0.4 is 5.56 Å². The first-order valence-corrected chi connectivity index (χ1v) is 5.73. The summed E-state index contributed by atoms with van der Waals surface area (Å²) < 4.78 is 5.36. The first kappa shape index (κ1) is 11.9. The van der Waals surface area contributed by atoms with E-state index in [2.05, 4.69) is 25.7 Å². The zero-order valence-corrected chi connectivity index (χ0v) is 10.9. The number of aromatic amines is 1. The number of methoxy groups -OCH3 is 1. The molecule has 0 fully saturated rings. The molecule has 0 aliphatic rings. The standard InChI is InChI=1S/C12H10BrNO3/c1-6-3-8-7(9(13)4-6)5-10(12(16)17-2)14-11(8)15/h3-5H,1-2H3,(H,14,15). The van der Waals surface area contributed by atoms with E-state index >= 15 is 0 Å². The largest absolute Gasteiger partial charge is 0.464 e. The second-order valence-corrected chi connectivity index (χ2v) is 4.57. The van der Waals surface area contributed by atoms with Gasteiger partial charge >= 0.3 is 5.97 Å². The van der Waals surface area contributed by atoms with Crippen LogP contribution in [0.5, 0.6) is 0 Å². The number of pyridine rings is 1. The number of benzene rings is 1. The number of nitrogens with one attached hydrogen (secondary N) is 1. The van der Waals surface area contributed by atoms with Gasteiger partial charge in [-0.15, -0.1) is 0 Å². The molecule has 1 aromatic heterocycles. The molecule has 0 spiro atoms. The van der Waals surface area contributed by atoms with E-state index in [1.807, 2.05) is 13.0 Å². The topological polar surface area (TPSA) is 59.2 Å². The average molecular weight is 296 g/mol. The van der Waals surface area contributed by atoms with Gasteiger partial charge in [-0.05, 0) is 30.7 Å². The Kier molecular flexibility index (Phi) is 3.02. The van der Waals surface area contributed by atoms with Crippen molar-refractivity contribution >= 4 is 32.7 Å². The van der Waals surface area contributed by atoms with E-state index in [1.165, 1.54) is 7.11 Å².